The predicted octanol–water partition coefficient (Wildman–Crippen LogP) is 2.14. The highest BCUT2D eigenvalue weighted by molar-refractivity contribution is 8.02. The highest BCUT2D eigenvalue weighted by atomic mass is 32.2. The molecule has 6 rings (SSSR count). The summed E-state index contributed by atoms with van der Waals surface area (Å²) in [6, 6.07) is 6.04. The normalized spacial score (nSPS) is 34.3. The standard InChI is InChI=1S/C28H33N5O5S/c1-18(16-34)33-23-25(36)31(17-32-20-11-6-5-10-19(20)29-30-32)14-9-13-28(23)21(24(33)35)22-26(37)38-15-8-4-3-7-12-27(22,2)39-28/h5-7,9-13,18,21-23,34H,3-4,8,14-17H2,1-2H3/b12-7-/t18-,21+,22-,23?,27+,28+/m1/s1. The molecule has 0 aliphatic carbocycles. The lowest BCUT2D eigenvalue weighted by Crippen LogP contribution is -2.56. The second-order valence-electron chi connectivity index (χ2n) is 11.0. The Hall–Kier alpha value is -3.18. The maximum absolute atomic E-state index is 14.4. The van der Waals surface area contributed by atoms with E-state index in [-0.39, 0.29) is 25.1 Å². The Morgan fingerprint density at radius 3 is 2.77 bits per heavy atom. The molecule has 1 spiro atoms. The summed E-state index contributed by atoms with van der Waals surface area (Å²) >= 11 is 1.51. The Balaban J connectivity index is 1.44. The van der Waals surface area contributed by atoms with Gasteiger partial charge in [0.1, 0.15) is 18.2 Å². The number of fused-ring (bicyclic) bond motifs is 3. The van der Waals surface area contributed by atoms with Gasteiger partial charge < -0.3 is 19.6 Å². The van der Waals surface area contributed by atoms with Crippen molar-refractivity contribution in [1.29, 1.82) is 0 Å². The summed E-state index contributed by atoms with van der Waals surface area (Å²) in [5.74, 6) is -2.49. The van der Waals surface area contributed by atoms with Gasteiger partial charge in [-0.2, -0.15) is 0 Å². The van der Waals surface area contributed by atoms with Gasteiger partial charge in [-0.05, 0) is 45.2 Å². The van der Waals surface area contributed by atoms with Gasteiger partial charge in [0.15, 0.2) is 0 Å². The molecule has 39 heavy (non-hydrogen) atoms. The zero-order valence-electron chi connectivity index (χ0n) is 22.1. The third kappa shape index (κ3) is 4.00. The van der Waals surface area contributed by atoms with Crippen LogP contribution < -0.4 is 0 Å². The molecule has 10 nitrogen and oxygen atoms in total. The Bertz CT molecular complexity index is 1380. The number of amides is 2. The SMILES string of the molecule is C[C@H](CO)N1C(=O)[C@@H]2[C@@H]3C(=O)OCCCC/C=C\[C@]3(C)S[C@@]23C=CCN(Cn2nnc4ccccc42)C(=O)C13. The Kier molecular flexibility index (Phi) is 6.53. The van der Waals surface area contributed by atoms with Crippen molar-refractivity contribution in [3.05, 3.63) is 48.6 Å². The van der Waals surface area contributed by atoms with Gasteiger partial charge in [0.25, 0.3) is 0 Å². The molecule has 11 heteroatoms. The molecular formula is C28H33N5O5S. The highest BCUT2D eigenvalue weighted by Crippen LogP contribution is 2.65. The number of rotatable bonds is 4. The van der Waals surface area contributed by atoms with Gasteiger partial charge in [0.2, 0.25) is 11.8 Å². The van der Waals surface area contributed by atoms with Crippen LogP contribution >= 0.6 is 11.8 Å². The summed E-state index contributed by atoms with van der Waals surface area (Å²) in [5.41, 5.74) is 1.53. The molecule has 1 unspecified atom stereocenters. The van der Waals surface area contributed by atoms with Crippen LogP contribution in [0.3, 0.4) is 0 Å². The van der Waals surface area contributed by atoms with Crippen molar-refractivity contribution in [3.8, 4) is 0 Å². The van der Waals surface area contributed by atoms with E-state index >= 15 is 0 Å². The monoisotopic (exact) mass is 551 g/mol. The van der Waals surface area contributed by atoms with Crippen molar-refractivity contribution in [2.45, 2.75) is 61.4 Å². The van der Waals surface area contributed by atoms with Crippen LogP contribution in [0.4, 0.5) is 0 Å². The number of hydrogen-bond donors (Lipinski definition) is 1. The van der Waals surface area contributed by atoms with Crippen LogP contribution in [-0.2, 0) is 25.8 Å². The van der Waals surface area contributed by atoms with Crippen LogP contribution in [0, 0.1) is 11.8 Å². The van der Waals surface area contributed by atoms with E-state index in [0.29, 0.717) is 13.2 Å². The first-order valence-electron chi connectivity index (χ1n) is 13.5. The number of para-hydroxylation sites is 1. The summed E-state index contributed by atoms with van der Waals surface area (Å²) in [7, 11) is 0. The van der Waals surface area contributed by atoms with Crippen LogP contribution in [0.25, 0.3) is 11.0 Å². The molecular weight excluding hydrogens is 518 g/mol. The Morgan fingerprint density at radius 2 is 1.95 bits per heavy atom. The summed E-state index contributed by atoms with van der Waals surface area (Å²) in [6.45, 7) is 4.19. The number of carbonyl (C=O) groups is 3. The zero-order chi connectivity index (χ0) is 27.4. The van der Waals surface area contributed by atoms with E-state index in [1.165, 1.54) is 16.7 Å². The van der Waals surface area contributed by atoms with Crippen molar-refractivity contribution in [1.82, 2.24) is 24.8 Å². The maximum Gasteiger partial charge on any atom is 0.311 e. The van der Waals surface area contributed by atoms with Gasteiger partial charge in [-0.3, -0.25) is 14.4 Å². The molecule has 6 atom stereocenters. The van der Waals surface area contributed by atoms with Gasteiger partial charge in [0.05, 0.1) is 41.4 Å². The average molecular weight is 552 g/mol. The molecule has 1 aromatic carbocycles. The Morgan fingerprint density at radius 1 is 1.13 bits per heavy atom. The number of ether oxygens (including phenoxy) is 1. The fourth-order valence-corrected chi connectivity index (χ4v) is 8.80. The Labute approximate surface area is 231 Å². The van der Waals surface area contributed by atoms with Crippen LogP contribution in [0.15, 0.2) is 48.6 Å². The first-order valence-corrected chi connectivity index (χ1v) is 14.3. The number of aliphatic hydroxyl groups excluding tert-OH is 1. The molecule has 1 aromatic heterocycles. The number of carbonyl (C=O) groups excluding carboxylic acids is 3. The number of aliphatic hydroxyl groups is 1. The third-order valence-electron chi connectivity index (χ3n) is 8.49. The number of benzene rings is 1. The largest absolute Gasteiger partial charge is 0.465 e. The van der Waals surface area contributed by atoms with Crippen molar-refractivity contribution in [3.63, 3.8) is 0 Å². The number of allylic oxidation sites excluding steroid dienone is 1. The first-order chi connectivity index (χ1) is 18.8. The van der Waals surface area contributed by atoms with E-state index in [2.05, 4.69) is 16.4 Å². The minimum atomic E-state index is -0.992. The van der Waals surface area contributed by atoms with E-state index in [0.717, 1.165) is 30.3 Å². The molecule has 0 bridgehead atoms. The average Bonchev–Trinajstić information content (AvgIpc) is 3.49. The van der Waals surface area contributed by atoms with E-state index in [4.69, 9.17) is 4.74 Å². The fourth-order valence-electron chi connectivity index (χ4n) is 6.66. The molecule has 2 fully saturated rings. The lowest BCUT2D eigenvalue weighted by Gasteiger charge is -2.38. The minimum absolute atomic E-state index is 0.157. The fraction of sp³-hybridized carbons (Fsp3) is 0.536. The van der Waals surface area contributed by atoms with E-state index < -0.39 is 39.4 Å². The van der Waals surface area contributed by atoms with Crippen molar-refractivity contribution < 1.29 is 24.2 Å². The van der Waals surface area contributed by atoms with Gasteiger partial charge in [0, 0.05) is 11.3 Å². The second-order valence-corrected chi connectivity index (χ2v) is 12.8. The molecule has 0 radical (unpaired) electrons. The molecule has 5 heterocycles. The zero-order valence-corrected chi connectivity index (χ0v) is 22.9. The van der Waals surface area contributed by atoms with E-state index in [9.17, 15) is 19.5 Å². The summed E-state index contributed by atoms with van der Waals surface area (Å²) in [6.07, 6.45) is 10.5. The minimum Gasteiger partial charge on any atom is -0.465 e. The van der Waals surface area contributed by atoms with Gasteiger partial charge in [-0.15, -0.1) is 16.9 Å². The van der Waals surface area contributed by atoms with Crippen molar-refractivity contribution in [2.24, 2.45) is 11.8 Å². The van der Waals surface area contributed by atoms with Gasteiger partial charge in [-0.25, -0.2) is 4.68 Å². The smallest absolute Gasteiger partial charge is 0.311 e. The van der Waals surface area contributed by atoms with E-state index in [1.54, 1.807) is 16.5 Å². The molecule has 1 N–H and O–H groups in total. The summed E-state index contributed by atoms with van der Waals surface area (Å²) in [5, 5.41) is 18.6. The number of cyclic esters (lactones) is 1. The second kappa shape index (κ2) is 9.78. The highest BCUT2D eigenvalue weighted by Gasteiger charge is 2.74. The van der Waals surface area contributed by atoms with Crippen LogP contribution in [-0.4, -0.2) is 89.0 Å². The molecule has 2 saturated heterocycles. The maximum atomic E-state index is 14.4. The number of esters is 1. The van der Waals surface area contributed by atoms with Crippen molar-refractivity contribution in [2.75, 3.05) is 19.8 Å². The molecule has 2 amide bonds. The summed E-state index contributed by atoms with van der Waals surface area (Å²) in [4.78, 5) is 45.4. The quantitative estimate of drug-likeness (QED) is 0.454. The molecule has 0 saturated carbocycles. The van der Waals surface area contributed by atoms with Crippen LogP contribution in [0.5, 0.6) is 0 Å². The van der Waals surface area contributed by atoms with Crippen LogP contribution in [0.1, 0.15) is 33.1 Å². The topological polar surface area (TPSA) is 118 Å². The van der Waals surface area contributed by atoms with Gasteiger partial charge >= 0.3 is 5.97 Å². The number of nitrogens with zero attached hydrogens (tertiary/aromatic N) is 5. The van der Waals surface area contributed by atoms with E-state index in [1.807, 2.05) is 49.4 Å². The summed E-state index contributed by atoms with van der Waals surface area (Å²) < 4.78 is 5.65. The number of likely N-dealkylation sites (tertiary alicyclic amines) is 1. The predicted molar refractivity (Wildman–Crippen MR) is 145 cm³/mol. The molecule has 206 valence electrons. The first kappa shape index (κ1) is 26.1. The lowest BCUT2D eigenvalue weighted by atomic mass is 9.74. The number of aromatic nitrogens is 3. The lowest BCUT2D eigenvalue weighted by molar-refractivity contribution is -0.154. The van der Waals surface area contributed by atoms with Gasteiger partial charge in [-0.1, -0.05) is 41.7 Å². The number of hydrogen-bond acceptors (Lipinski definition) is 8. The molecule has 2 aromatic rings. The molecule has 4 aliphatic heterocycles. The molecule has 4 aliphatic rings. The van der Waals surface area contributed by atoms with Crippen molar-refractivity contribution >= 4 is 40.6 Å². The third-order valence-corrected chi connectivity index (χ3v) is 10.3. The van der Waals surface area contributed by atoms with Crippen LogP contribution in [0.2, 0.25) is 0 Å². The number of thioether (sulfide) groups is 1.